The van der Waals surface area contributed by atoms with E-state index in [0.29, 0.717) is 19.4 Å². The van der Waals surface area contributed by atoms with Crippen molar-refractivity contribution in [3.05, 3.63) is 12.7 Å². The fourth-order valence-electron chi connectivity index (χ4n) is 1.02. The fraction of sp³-hybridized carbons (Fsp3) is 0.556. The van der Waals surface area contributed by atoms with Gasteiger partial charge in [-0.1, -0.05) is 13.0 Å². The van der Waals surface area contributed by atoms with Gasteiger partial charge in [-0.25, -0.2) is 0 Å². The molecule has 0 aromatic heterocycles. The maximum Gasteiger partial charge on any atom is 0.314 e. The van der Waals surface area contributed by atoms with Gasteiger partial charge in [-0.05, 0) is 25.5 Å². The van der Waals surface area contributed by atoms with Crippen LogP contribution in [-0.2, 0) is 9.59 Å². The van der Waals surface area contributed by atoms with Gasteiger partial charge in [0.1, 0.15) is 5.92 Å². The molecule has 1 atom stereocenters. The highest BCUT2D eigenvalue weighted by Gasteiger charge is 2.22. The number of nitrogens with two attached hydrogens (primary N) is 1. The minimum Gasteiger partial charge on any atom is -0.481 e. The van der Waals surface area contributed by atoms with Crippen LogP contribution in [0.15, 0.2) is 12.7 Å². The maximum atomic E-state index is 11.0. The molecule has 0 aliphatic heterocycles. The summed E-state index contributed by atoms with van der Waals surface area (Å²) >= 11 is 0. The Morgan fingerprint density at radius 1 is 1.46 bits per heavy atom. The first kappa shape index (κ1) is 11.8. The third-order valence-electron chi connectivity index (χ3n) is 1.79. The van der Waals surface area contributed by atoms with Crippen LogP contribution >= 0.6 is 0 Å². The minimum atomic E-state index is -1.08. The van der Waals surface area contributed by atoms with Crippen molar-refractivity contribution >= 4 is 11.8 Å². The molecular formula is C9H15NO3. The number of allylic oxidation sites excluding steroid dienone is 1. The summed E-state index contributed by atoms with van der Waals surface area (Å²) in [6.45, 7) is 3.78. The van der Waals surface area contributed by atoms with E-state index in [1.807, 2.05) is 0 Å². The standard InChI is InChI=1S/C9H15NO3/c1-2-8(11)7(9(12)13)5-3-4-6-10/h2,7H,1,3-6,10H2,(H,12,13). The number of ketones is 1. The van der Waals surface area contributed by atoms with E-state index in [0.717, 1.165) is 12.5 Å². The van der Waals surface area contributed by atoms with Crippen molar-refractivity contribution < 1.29 is 14.7 Å². The van der Waals surface area contributed by atoms with Crippen LogP contribution in [0.4, 0.5) is 0 Å². The fourth-order valence-corrected chi connectivity index (χ4v) is 1.02. The molecule has 0 saturated carbocycles. The summed E-state index contributed by atoms with van der Waals surface area (Å²) in [4.78, 5) is 21.6. The predicted molar refractivity (Wildman–Crippen MR) is 49.2 cm³/mol. The van der Waals surface area contributed by atoms with E-state index < -0.39 is 17.7 Å². The average Bonchev–Trinajstić information content (AvgIpc) is 2.11. The van der Waals surface area contributed by atoms with Crippen LogP contribution in [-0.4, -0.2) is 23.4 Å². The van der Waals surface area contributed by atoms with Crippen LogP contribution in [0.1, 0.15) is 19.3 Å². The molecule has 0 aromatic carbocycles. The van der Waals surface area contributed by atoms with E-state index in [1.54, 1.807) is 0 Å². The Bertz CT molecular complexity index is 201. The van der Waals surface area contributed by atoms with Gasteiger partial charge in [-0.3, -0.25) is 9.59 Å². The molecule has 0 aromatic rings. The number of carbonyl (C=O) groups is 2. The summed E-state index contributed by atoms with van der Waals surface area (Å²) in [6, 6.07) is 0. The monoisotopic (exact) mass is 185 g/mol. The third kappa shape index (κ3) is 4.42. The lowest BCUT2D eigenvalue weighted by atomic mass is 9.97. The lowest BCUT2D eigenvalue weighted by Crippen LogP contribution is -2.22. The molecule has 4 nitrogen and oxygen atoms in total. The van der Waals surface area contributed by atoms with Crippen LogP contribution < -0.4 is 5.73 Å². The maximum absolute atomic E-state index is 11.0. The van der Waals surface area contributed by atoms with Crippen molar-refractivity contribution in [2.45, 2.75) is 19.3 Å². The Labute approximate surface area is 77.4 Å². The zero-order valence-electron chi connectivity index (χ0n) is 7.53. The van der Waals surface area contributed by atoms with E-state index in [4.69, 9.17) is 10.8 Å². The Kier molecular flexibility index (Phi) is 5.80. The molecule has 0 fully saturated rings. The summed E-state index contributed by atoms with van der Waals surface area (Å²) in [6.07, 6.45) is 2.81. The average molecular weight is 185 g/mol. The molecule has 0 aliphatic carbocycles. The molecular weight excluding hydrogens is 170 g/mol. The number of carboxylic acids is 1. The van der Waals surface area contributed by atoms with Gasteiger partial charge in [-0.15, -0.1) is 0 Å². The Morgan fingerprint density at radius 2 is 2.08 bits per heavy atom. The van der Waals surface area contributed by atoms with Crippen LogP contribution in [0, 0.1) is 5.92 Å². The lowest BCUT2D eigenvalue weighted by Gasteiger charge is -2.07. The van der Waals surface area contributed by atoms with Crippen molar-refractivity contribution in [2.24, 2.45) is 11.7 Å². The van der Waals surface area contributed by atoms with Crippen LogP contribution in [0.5, 0.6) is 0 Å². The lowest BCUT2D eigenvalue weighted by molar-refractivity contribution is -0.145. The molecule has 74 valence electrons. The van der Waals surface area contributed by atoms with Crippen molar-refractivity contribution in [2.75, 3.05) is 6.54 Å². The molecule has 0 saturated heterocycles. The molecule has 0 aliphatic rings. The number of carboxylic acid groups (broad SMARTS) is 1. The van der Waals surface area contributed by atoms with Gasteiger partial charge in [0.05, 0.1) is 0 Å². The molecule has 4 heteroatoms. The van der Waals surface area contributed by atoms with Crippen LogP contribution in [0.3, 0.4) is 0 Å². The van der Waals surface area contributed by atoms with Crippen molar-refractivity contribution in [3.63, 3.8) is 0 Å². The highest BCUT2D eigenvalue weighted by atomic mass is 16.4. The number of hydrogen-bond donors (Lipinski definition) is 2. The Balaban J connectivity index is 4.03. The van der Waals surface area contributed by atoms with Gasteiger partial charge in [0.25, 0.3) is 0 Å². The second-order valence-corrected chi connectivity index (χ2v) is 2.78. The third-order valence-corrected chi connectivity index (χ3v) is 1.79. The molecule has 0 spiro atoms. The van der Waals surface area contributed by atoms with E-state index in [-0.39, 0.29) is 0 Å². The molecule has 0 bridgehead atoms. The molecule has 0 amide bonds. The zero-order valence-corrected chi connectivity index (χ0v) is 7.53. The van der Waals surface area contributed by atoms with E-state index >= 15 is 0 Å². The molecule has 0 heterocycles. The molecule has 0 radical (unpaired) electrons. The topological polar surface area (TPSA) is 80.4 Å². The van der Waals surface area contributed by atoms with Gasteiger partial charge in [-0.2, -0.15) is 0 Å². The number of rotatable bonds is 7. The second-order valence-electron chi connectivity index (χ2n) is 2.78. The van der Waals surface area contributed by atoms with Crippen molar-refractivity contribution in [1.29, 1.82) is 0 Å². The predicted octanol–water partition coefficient (Wildman–Crippen LogP) is 0.571. The van der Waals surface area contributed by atoms with Crippen LogP contribution in [0.25, 0.3) is 0 Å². The SMILES string of the molecule is C=CC(=O)C(CCCCN)C(=O)O. The second kappa shape index (κ2) is 6.37. The summed E-state index contributed by atoms with van der Waals surface area (Å²) in [5.74, 6) is -2.45. The van der Waals surface area contributed by atoms with Crippen molar-refractivity contribution in [3.8, 4) is 0 Å². The molecule has 0 rings (SSSR count). The largest absolute Gasteiger partial charge is 0.481 e. The van der Waals surface area contributed by atoms with Gasteiger partial charge in [0.2, 0.25) is 0 Å². The number of aliphatic carboxylic acids is 1. The summed E-state index contributed by atoms with van der Waals surface area (Å²) < 4.78 is 0. The normalized spacial score (nSPS) is 12.1. The van der Waals surface area contributed by atoms with Crippen molar-refractivity contribution in [1.82, 2.24) is 0 Å². The van der Waals surface area contributed by atoms with Gasteiger partial charge >= 0.3 is 5.97 Å². The van der Waals surface area contributed by atoms with Gasteiger partial charge in [0.15, 0.2) is 5.78 Å². The Morgan fingerprint density at radius 3 is 2.46 bits per heavy atom. The molecule has 1 unspecified atom stereocenters. The highest BCUT2D eigenvalue weighted by molar-refractivity contribution is 6.03. The quantitative estimate of drug-likeness (QED) is 0.345. The minimum absolute atomic E-state index is 0.345. The molecule has 3 N–H and O–H groups in total. The summed E-state index contributed by atoms with van der Waals surface area (Å²) in [5.41, 5.74) is 5.25. The number of carbonyl (C=O) groups excluding carboxylic acids is 1. The zero-order chi connectivity index (χ0) is 10.3. The molecule has 13 heavy (non-hydrogen) atoms. The first-order chi connectivity index (χ1) is 6.13. The van der Waals surface area contributed by atoms with E-state index in [9.17, 15) is 9.59 Å². The number of hydrogen-bond acceptors (Lipinski definition) is 3. The first-order valence-electron chi connectivity index (χ1n) is 4.22. The van der Waals surface area contributed by atoms with Gasteiger partial charge < -0.3 is 10.8 Å². The van der Waals surface area contributed by atoms with E-state index in [2.05, 4.69) is 6.58 Å². The highest BCUT2D eigenvalue weighted by Crippen LogP contribution is 2.10. The van der Waals surface area contributed by atoms with Gasteiger partial charge in [0, 0.05) is 0 Å². The Hall–Kier alpha value is -1.16. The summed E-state index contributed by atoms with van der Waals surface area (Å²) in [5, 5.41) is 8.67. The van der Waals surface area contributed by atoms with E-state index in [1.165, 1.54) is 0 Å². The smallest absolute Gasteiger partial charge is 0.314 e. The number of unbranched alkanes of at least 4 members (excludes halogenated alkanes) is 1. The first-order valence-corrected chi connectivity index (χ1v) is 4.22. The van der Waals surface area contributed by atoms with Crippen LogP contribution in [0.2, 0.25) is 0 Å². The summed E-state index contributed by atoms with van der Waals surface area (Å²) in [7, 11) is 0.